The number of rotatable bonds is 14. The van der Waals surface area contributed by atoms with E-state index in [-0.39, 0.29) is 22.7 Å². The van der Waals surface area contributed by atoms with Crippen LogP contribution in [0.15, 0.2) is 66.9 Å². The quantitative estimate of drug-likeness (QED) is 0.198. The minimum absolute atomic E-state index is 0.0791. The second kappa shape index (κ2) is 13.9. The summed E-state index contributed by atoms with van der Waals surface area (Å²) in [4.78, 5) is 27.8. The molecule has 0 radical (unpaired) electrons. The highest BCUT2D eigenvalue weighted by Crippen LogP contribution is 2.37. The first kappa shape index (κ1) is 33.4. The predicted molar refractivity (Wildman–Crippen MR) is 138 cm³/mol. The monoisotopic (exact) mass is 637 g/mol. The molecular formula is C27H23ClF7N3O5. The molecule has 0 bridgehead atoms. The third-order valence-corrected chi connectivity index (χ3v) is 5.95. The van der Waals surface area contributed by atoms with Crippen LogP contribution in [-0.4, -0.2) is 60.3 Å². The largest absolute Gasteiger partial charge is 0.480 e. The molecule has 1 aromatic heterocycles. The summed E-state index contributed by atoms with van der Waals surface area (Å²) in [6.45, 7) is -3.71. The van der Waals surface area contributed by atoms with Crippen LogP contribution in [0.3, 0.4) is 0 Å². The smallest absolute Gasteiger partial charge is 0.461 e. The normalized spacial score (nSPS) is 13.3. The molecule has 0 spiro atoms. The van der Waals surface area contributed by atoms with Gasteiger partial charge in [0.05, 0.1) is 17.3 Å². The minimum atomic E-state index is -5.01. The molecule has 1 heterocycles. The van der Waals surface area contributed by atoms with Gasteiger partial charge in [-0.1, -0.05) is 41.9 Å². The van der Waals surface area contributed by atoms with Crippen molar-refractivity contribution in [1.29, 1.82) is 0 Å². The van der Waals surface area contributed by atoms with Crippen molar-refractivity contribution < 1.29 is 54.9 Å². The predicted octanol–water partition coefficient (Wildman–Crippen LogP) is 5.63. The summed E-state index contributed by atoms with van der Waals surface area (Å²) in [7, 11) is 0. The zero-order chi connectivity index (χ0) is 31.8. The molecule has 1 atom stereocenters. The van der Waals surface area contributed by atoms with Gasteiger partial charge in [0.15, 0.2) is 0 Å². The molecule has 3 N–H and O–H groups in total. The van der Waals surface area contributed by atoms with Crippen LogP contribution in [-0.2, 0) is 21.5 Å². The number of hydrogen-bond donors (Lipinski definition) is 3. The molecule has 2 amide bonds. The number of aromatic nitrogens is 1. The number of amides is 2. The Hall–Kier alpha value is -4.11. The van der Waals surface area contributed by atoms with Crippen molar-refractivity contribution in [2.45, 2.75) is 30.4 Å². The van der Waals surface area contributed by atoms with Gasteiger partial charge in [-0.3, -0.25) is 4.98 Å². The Morgan fingerprint density at radius 3 is 2.33 bits per heavy atom. The SMILES string of the molecule is O=C(O)COCC(F)(F)CNC(=O)N[C@@](Cc1ccccc1)(c1cc(F)cc(OC(F)(F)C(F)F)c1)c1ccc(Cl)cn1. The van der Waals surface area contributed by atoms with E-state index in [1.54, 1.807) is 30.3 Å². The van der Waals surface area contributed by atoms with Crippen LogP contribution < -0.4 is 15.4 Å². The van der Waals surface area contributed by atoms with Crippen molar-refractivity contribution in [3.05, 3.63) is 94.5 Å². The third-order valence-electron chi connectivity index (χ3n) is 5.72. The first-order valence-electron chi connectivity index (χ1n) is 12.2. The third kappa shape index (κ3) is 9.44. The number of nitrogens with zero attached hydrogens (tertiary/aromatic N) is 1. The average Bonchev–Trinajstić information content (AvgIpc) is 2.91. The summed E-state index contributed by atoms with van der Waals surface area (Å²) < 4.78 is 105. The number of ether oxygens (including phenoxy) is 2. The molecule has 0 fully saturated rings. The average molecular weight is 638 g/mol. The van der Waals surface area contributed by atoms with Gasteiger partial charge in [0.1, 0.15) is 30.3 Å². The summed E-state index contributed by atoms with van der Waals surface area (Å²) in [5.74, 6) is -7.48. The summed E-state index contributed by atoms with van der Waals surface area (Å²) in [5, 5.41) is 13.0. The molecule has 3 aromatic rings. The van der Waals surface area contributed by atoms with Crippen molar-refractivity contribution in [3.8, 4) is 5.75 Å². The van der Waals surface area contributed by atoms with E-state index in [1.165, 1.54) is 12.1 Å². The van der Waals surface area contributed by atoms with E-state index in [0.29, 0.717) is 11.6 Å². The number of halogens is 8. The van der Waals surface area contributed by atoms with Gasteiger partial charge in [-0.05, 0) is 35.4 Å². The van der Waals surface area contributed by atoms with Crippen LogP contribution in [0.2, 0.25) is 5.02 Å². The maximum absolute atomic E-state index is 14.8. The molecule has 232 valence electrons. The van der Waals surface area contributed by atoms with Crippen molar-refractivity contribution >= 4 is 23.6 Å². The second-order valence-corrected chi connectivity index (χ2v) is 9.56. The van der Waals surface area contributed by atoms with Crippen LogP contribution in [0.1, 0.15) is 16.8 Å². The van der Waals surface area contributed by atoms with Crippen molar-refractivity contribution in [2.24, 2.45) is 0 Å². The van der Waals surface area contributed by atoms with Gasteiger partial charge in [0, 0.05) is 18.7 Å². The fourth-order valence-electron chi connectivity index (χ4n) is 3.91. The van der Waals surface area contributed by atoms with Gasteiger partial charge in [-0.2, -0.15) is 17.6 Å². The lowest BCUT2D eigenvalue weighted by Crippen LogP contribution is -2.54. The molecule has 16 heteroatoms. The van der Waals surface area contributed by atoms with Crippen molar-refractivity contribution in [1.82, 2.24) is 15.6 Å². The molecule has 0 saturated heterocycles. The standard InChI is InChI=1S/C27H23ClF7N3O5/c28-18-6-7-21(36-12-18)26(11-16-4-2-1-3-5-16,38-24(41)37-14-25(32,33)15-42-13-22(39)40)17-8-19(29)10-20(9-17)43-27(34,35)23(30)31/h1-10,12,23H,11,13-15H2,(H,39,40)(H2,37,38,41)/t26-/m0/s1. The second-order valence-electron chi connectivity index (χ2n) is 9.12. The number of benzene rings is 2. The van der Waals surface area contributed by atoms with Crippen LogP contribution in [0.25, 0.3) is 0 Å². The molecule has 43 heavy (non-hydrogen) atoms. The van der Waals surface area contributed by atoms with Crippen molar-refractivity contribution in [3.63, 3.8) is 0 Å². The summed E-state index contributed by atoms with van der Waals surface area (Å²) in [5.41, 5.74) is -1.98. The number of hydrogen-bond acceptors (Lipinski definition) is 5. The van der Waals surface area contributed by atoms with Gasteiger partial charge < -0.3 is 25.2 Å². The number of pyridine rings is 1. The summed E-state index contributed by atoms with van der Waals surface area (Å²) in [6, 6.07) is 11.4. The van der Waals surface area contributed by atoms with E-state index < -0.39 is 67.3 Å². The zero-order valence-corrected chi connectivity index (χ0v) is 22.6. The van der Waals surface area contributed by atoms with E-state index in [4.69, 9.17) is 16.7 Å². The molecule has 0 aliphatic heterocycles. The molecule has 0 aliphatic rings. The molecule has 8 nitrogen and oxygen atoms in total. The molecule has 3 rings (SSSR count). The molecule has 0 unspecified atom stereocenters. The number of carboxylic acids is 1. The Bertz CT molecular complexity index is 1400. The van der Waals surface area contributed by atoms with Crippen LogP contribution in [0.5, 0.6) is 5.75 Å². The first-order valence-corrected chi connectivity index (χ1v) is 12.5. The van der Waals surface area contributed by atoms with Crippen molar-refractivity contribution in [2.75, 3.05) is 19.8 Å². The van der Waals surface area contributed by atoms with Gasteiger partial charge in [-0.25, -0.2) is 22.8 Å². The highest BCUT2D eigenvalue weighted by Gasteiger charge is 2.45. The molecule has 0 aliphatic carbocycles. The Kier molecular flexibility index (Phi) is 10.8. The number of nitrogens with one attached hydrogen (secondary N) is 2. The van der Waals surface area contributed by atoms with E-state index in [1.807, 2.05) is 5.32 Å². The maximum Gasteiger partial charge on any atom is 0.461 e. The highest BCUT2D eigenvalue weighted by atomic mass is 35.5. The van der Waals surface area contributed by atoms with Crippen LogP contribution >= 0.6 is 11.6 Å². The van der Waals surface area contributed by atoms with Gasteiger partial charge in [0.25, 0.3) is 5.92 Å². The fraction of sp³-hybridized carbons (Fsp3) is 0.296. The van der Waals surface area contributed by atoms with Crippen LogP contribution in [0.4, 0.5) is 35.5 Å². The lowest BCUT2D eigenvalue weighted by molar-refractivity contribution is -0.253. The highest BCUT2D eigenvalue weighted by molar-refractivity contribution is 6.30. The number of alkyl halides is 6. The molecule has 0 saturated carbocycles. The zero-order valence-electron chi connectivity index (χ0n) is 21.8. The number of urea groups is 1. The van der Waals surface area contributed by atoms with E-state index in [0.717, 1.165) is 18.3 Å². The number of aliphatic carboxylic acids is 1. The molecular weight excluding hydrogens is 615 g/mol. The Labute approximate surface area is 244 Å². The first-order chi connectivity index (χ1) is 20.1. The Balaban J connectivity index is 2.09. The number of carbonyl (C=O) groups is 2. The maximum atomic E-state index is 14.8. The van der Waals surface area contributed by atoms with Gasteiger partial charge >= 0.3 is 24.5 Å². The summed E-state index contributed by atoms with van der Waals surface area (Å²) >= 11 is 5.96. The number of carbonyl (C=O) groups excluding carboxylic acids is 1. The topological polar surface area (TPSA) is 110 Å². The van der Waals surface area contributed by atoms with Gasteiger partial charge in [-0.15, -0.1) is 0 Å². The van der Waals surface area contributed by atoms with E-state index >= 15 is 0 Å². The molecule has 2 aromatic carbocycles. The van der Waals surface area contributed by atoms with Gasteiger partial charge in [0.2, 0.25) is 0 Å². The lowest BCUT2D eigenvalue weighted by Gasteiger charge is -2.36. The van der Waals surface area contributed by atoms with E-state index in [9.17, 15) is 40.3 Å². The minimum Gasteiger partial charge on any atom is -0.480 e. The van der Waals surface area contributed by atoms with Crippen LogP contribution in [0, 0.1) is 5.82 Å². The van der Waals surface area contributed by atoms with E-state index in [2.05, 4.69) is 19.8 Å². The Morgan fingerprint density at radius 2 is 1.72 bits per heavy atom. The fourth-order valence-corrected chi connectivity index (χ4v) is 4.02. The summed E-state index contributed by atoms with van der Waals surface area (Å²) in [6.07, 6.45) is -8.42. The number of carboxylic acid groups (broad SMARTS) is 1. The Morgan fingerprint density at radius 1 is 1.02 bits per heavy atom. The lowest BCUT2D eigenvalue weighted by atomic mass is 9.80.